The summed E-state index contributed by atoms with van der Waals surface area (Å²) < 4.78 is 0. The molecule has 0 bridgehead atoms. The van der Waals surface area contributed by atoms with Crippen molar-refractivity contribution < 1.29 is 9.59 Å². The van der Waals surface area contributed by atoms with Gasteiger partial charge in [-0.25, -0.2) is 0 Å². The van der Waals surface area contributed by atoms with Crippen LogP contribution in [0.5, 0.6) is 0 Å². The van der Waals surface area contributed by atoms with Gasteiger partial charge in [0, 0.05) is 18.0 Å². The van der Waals surface area contributed by atoms with Gasteiger partial charge in [0.15, 0.2) is 0 Å². The molecule has 2 atom stereocenters. The number of amides is 2. The van der Waals surface area contributed by atoms with E-state index in [1.807, 2.05) is 30.3 Å². The summed E-state index contributed by atoms with van der Waals surface area (Å²) in [7, 11) is 0. The van der Waals surface area contributed by atoms with E-state index in [1.165, 1.54) is 0 Å². The SMILES string of the molecule is NCC(=O)N[C@H]1CN[C@H](C(=O)Nc2cnc3ccccc3c2)C1. The van der Waals surface area contributed by atoms with Crippen molar-refractivity contribution in [3.8, 4) is 0 Å². The summed E-state index contributed by atoms with van der Waals surface area (Å²) in [6.45, 7) is 0.510. The van der Waals surface area contributed by atoms with Gasteiger partial charge in [-0.3, -0.25) is 14.6 Å². The molecule has 7 nitrogen and oxygen atoms in total. The van der Waals surface area contributed by atoms with Gasteiger partial charge in [-0.15, -0.1) is 0 Å². The molecule has 0 spiro atoms. The second-order valence-electron chi connectivity index (χ2n) is 5.57. The maximum Gasteiger partial charge on any atom is 0.241 e. The number of fused-ring (bicyclic) bond motifs is 1. The molecule has 1 aromatic carbocycles. The van der Waals surface area contributed by atoms with Gasteiger partial charge >= 0.3 is 0 Å². The molecule has 0 aliphatic carbocycles. The van der Waals surface area contributed by atoms with Crippen LogP contribution < -0.4 is 21.7 Å². The predicted molar refractivity (Wildman–Crippen MR) is 87.8 cm³/mol. The summed E-state index contributed by atoms with van der Waals surface area (Å²) in [6.07, 6.45) is 2.18. The maximum absolute atomic E-state index is 12.3. The van der Waals surface area contributed by atoms with Crippen molar-refractivity contribution in [1.82, 2.24) is 15.6 Å². The fourth-order valence-electron chi connectivity index (χ4n) is 2.70. The highest BCUT2D eigenvalue weighted by molar-refractivity contribution is 5.96. The van der Waals surface area contributed by atoms with Crippen molar-refractivity contribution in [3.05, 3.63) is 36.5 Å². The molecule has 0 saturated carbocycles. The second-order valence-corrected chi connectivity index (χ2v) is 5.57. The summed E-state index contributed by atoms with van der Waals surface area (Å²) in [4.78, 5) is 27.9. The molecule has 5 N–H and O–H groups in total. The number of nitrogens with one attached hydrogen (secondary N) is 3. The Kier molecular flexibility index (Phi) is 4.50. The van der Waals surface area contributed by atoms with E-state index in [-0.39, 0.29) is 30.4 Å². The number of benzene rings is 1. The number of nitrogens with zero attached hydrogens (tertiary/aromatic N) is 1. The lowest BCUT2D eigenvalue weighted by molar-refractivity contribution is -0.121. The van der Waals surface area contributed by atoms with Crippen molar-refractivity contribution in [2.24, 2.45) is 5.73 Å². The highest BCUT2D eigenvalue weighted by Crippen LogP contribution is 2.17. The number of hydrogen-bond donors (Lipinski definition) is 4. The van der Waals surface area contributed by atoms with Crippen molar-refractivity contribution in [2.45, 2.75) is 18.5 Å². The van der Waals surface area contributed by atoms with Gasteiger partial charge in [0.25, 0.3) is 0 Å². The van der Waals surface area contributed by atoms with Gasteiger partial charge in [0.2, 0.25) is 11.8 Å². The lowest BCUT2D eigenvalue weighted by atomic mass is 10.1. The summed E-state index contributed by atoms with van der Waals surface area (Å²) in [5, 5.41) is 9.72. The molecule has 3 rings (SSSR count). The summed E-state index contributed by atoms with van der Waals surface area (Å²) in [5.74, 6) is -0.344. The Morgan fingerprint density at radius 3 is 3.00 bits per heavy atom. The minimum absolute atomic E-state index is 0.0455. The third kappa shape index (κ3) is 3.64. The average Bonchev–Trinajstić information content (AvgIpc) is 3.03. The number of pyridine rings is 1. The van der Waals surface area contributed by atoms with Gasteiger partial charge in [0.1, 0.15) is 0 Å². The molecule has 1 saturated heterocycles. The molecule has 1 aromatic heterocycles. The first kappa shape index (κ1) is 15.4. The molecule has 1 aliphatic heterocycles. The molecule has 0 unspecified atom stereocenters. The topological polar surface area (TPSA) is 109 Å². The number of rotatable bonds is 4. The van der Waals surface area contributed by atoms with E-state index in [4.69, 9.17) is 5.73 Å². The third-order valence-corrected chi connectivity index (χ3v) is 3.86. The van der Waals surface area contributed by atoms with Gasteiger partial charge in [0.05, 0.1) is 30.0 Å². The molecule has 0 radical (unpaired) electrons. The van der Waals surface area contributed by atoms with E-state index < -0.39 is 0 Å². The van der Waals surface area contributed by atoms with Crippen LogP contribution in [-0.4, -0.2) is 42.0 Å². The Bertz CT molecular complexity index is 733. The van der Waals surface area contributed by atoms with E-state index in [0.717, 1.165) is 10.9 Å². The predicted octanol–water partition coefficient (Wildman–Crippen LogP) is -0.0213. The van der Waals surface area contributed by atoms with Crippen LogP contribution in [0.4, 0.5) is 5.69 Å². The first-order valence-corrected chi connectivity index (χ1v) is 7.54. The maximum atomic E-state index is 12.3. The van der Waals surface area contributed by atoms with E-state index in [1.54, 1.807) is 6.20 Å². The van der Waals surface area contributed by atoms with Crippen LogP contribution in [0.3, 0.4) is 0 Å². The molecule has 2 heterocycles. The Hall–Kier alpha value is -2.51. The summed E-state index contributed by atoms with van der Waals surface area (Å²) >= 11 is 0. The van der Waals surface area contributed by atoms with Crippen molar-refractivity contribution in [2.75, 3.05) is 18.4 Å². The van der Waals surface area contributed by atoms with Crippen LogP contribution in [0.2, 0.25) is 0 Å². The summed E-state index contributed by atoms with van der Waals surface area (Å²) in [6, 6.07) is 9.20. The Morgan fingerprint density at radius 1 is 1.35 bits per heavy atom. The largest absolute Gasteiger partial charge is 0.351 e. The van der Waals surface area contributed by atoms with Gasteiger partial charge in [-0.2, -0.15) is 0 Å². The number of anilines is 1. The normalized spacial score (nSPS) is 20.4. The molecule has 23 heavy (non-hydrogen) atoms. The van der Waals surface area contributed by atoms with Crippen LogP contribution >= 0.6 is 0 Å². The van der Waals surface area contributed by atoms with E-state index in [9.17, 15) is 9.59 Å². The Morgan fingerprint density at radius 2 is 2.17 bits per heavy atom. The fourth-order valence-corrected chi connectivity index (χ4v) is 2.70. The molecular weight excluding hydrogens is 294 g/mol. The number of para-hydroxylation sites is 1. The number of aromatic nitrogens is 1. The standard InChI is InChI=1S/C16H19N5O2/c17-7-15(22)20-12-6-14(19-9-12)16(23)21-11-5-10-3-1-2-4-13(10)18-8-11/h1-5,8,12,14,19H,6-7,9,17H2,(H,20,22)(H,21,23)/t12-,14+/m1/s1. The zero-order chi connectivity index (χ0) is 16.2. The number of carbonyl (C=O) groups excluding carboxylic acids is 2. The molecule has 1 aliphatic rings. The van der Waals surface area contributed by atoms with Gasteiger partial charge in [-0.1, -0.05) is 18.2 Å². The number of nitrogens with two attached hydrogens (primary N) is 1. The zero-order valence-electron chi connectivity index (χ0n) is 12.6. The van der Waals surface area contributed by atoms with E-state index >= 15 is 0 Å². The van der Waals surface area contributed by atoms with Crippen LogP contribution in [0.1, 0.15) is 6.42 Å². The minimum atomic E-state index is -0.343. The lowest BCUT2D eigenvalue weighted by Crippen LogP contribution is -2.39. The Labute approximate surface area is 133 Å². The lowest BCUT2D eigenvalue weighted by Gasteiger charge is -2.12. The van der Waals surface area contributed by atoms with Gasteiger partial charge in [-0.05, 0) is 18.6 Å². The van der Waals surface area contributed by atoms with Gasteiger partial charge < -0.3 is 21.7 Å². The number of carbonyl (C=O) groups is 2. The van der Waals surface area contributed by atoms with Crippen molar-refractivity contribution >= 4 is 28.4 Å². The quantitative estimate of drug-likeness (QED) is 0.634. The van der Waals surface area contributed by atoms with E-state index in [0.29, 0.717) is 18.7 Å². The first-order chi connectivity index (χ1) is 11.2. The molecule has 2 aromatic rings. The Balaban J connectivity index is 1.61. The van der Waals surface area contributed by atoms with Crippen LogP contribution in [0.25, 0.3) is 10.9 Å². The molecule has 7 heteroatoms. The minimum Gasteiger partial charge on any atom is -0.351 e. The molecular formula is C16H19N5O2. The van der Waals surface area contributed by atoms with Crippen LogP contribution in [0, 0.1) is 0 Å². The zero-order valence-corrected chi connectivity index (χ0v) is 12.6. The smallest absolute Gasteiger partial charge is 0.241 e. The van der Waals surface area contributed by atoms with Crippen LogP contribution in [0.15, 0.2) is 36.5 Å². The first-order valence-electron chi connectivity index (χ1n) is 7.54. The summed E-state index contributed by atoms with van der Waals surface area (Å²) in [5.41, 5.74) is 6.81. The fraction of sp³-hybridized carbons (Fsp3) is 0.312. The van der Waals surface area contributed by atoms with E-state index in [2.05, 4.69) is 20.9 Å². The molecule has 1 fully saturated rings. The monoisotopic (exact) mass is 313 g/mol. The highest BCUT2D eigenvalue weighted by atomic mass is 16.2. The average molecular weight is 313 g/mol. The molecule has 2 amide bonds. The molecule has 120 valence electrons. The van der Waals surface area contributed by atoms with Crippen LogP contribution in [-0.2, 0) is 9.59 Å². The van der Waals surface area contributed by atoms with Crippen molar-refractivity contribution in [3.63, 3.8) is 0 Å². The highest BCUT2D eigenvalue weighted by Gasteiger charge is 2.30. The van der Waals surface area contributed by atoms with Crippen molar-refractivity contribution in [1.29, 1.82) is 0 Å². The second kappa shape index (κ2) is 6.72. The number of hydrogen-bond acceptors (Lipinski definition) is 5. The third-order valence-electron chi connectivity index (χ3n) is 3.86.